The lowest BCUT2D eigenvalue weighted by atomic mass is 10.3. The highest BCUT2D eigenvalue weighted by Gasteiger charge is 2.29. The summed E-state index contributed by atoms with van der Waals surface area (Å²) in [6, 6.07) is 8.06. The molecule has 3 heterocycles. The van der Waals surface area contributed by atoms with Crippen LogP contribution in [0.2, 0.25) is 10.0 Å². The topological polar surface area (TPSA) is 84.2 Å². The van der Waals surface area contributed by atoms with Crippen LogP contribution < -0.4 is 4.90 Å². The number of imidazole rings is 1. The second kappa shape index (κ2) is 7.67. The molecule has 0 unspecified atom stereocenters. The molecular weight excluding hydrogens is 423 g/mol. The van der Waals surface area contributed by atoms with Crippen LogP contribution in [0.5, 0.6) is 0 Å². The first-order valence-corrected chi connectivity index (χ1v) is 10.7. The molecule has 0 amide bonds. The van der Waals surface area contributed by atoms with Gasteiger partial charge in [-0.3, -0.25) is 4.57 Å². The van der Waals surface area contributed by atoms with Crippen LogP contribution in [0, 0.1) is 0 Å². The Morgan fingerprint density at radius 1 is 0.893 bits per heavy atom. The van der Waals surface area contributed by atoms with Crippen LogP contribution in [0.1, 0.15) is 0 Å². The zero-order valence-electron chi connectivity index (χ0n) is 14.6. The van der Waals surface area contributed by atoms with Gasteiger partial charge in [0.05, 0.1) is 14.9 Å². The highest BCUT2D eigenvalue weighted by Crippen LogP contribution is 2.27. The van der Waals surface area contributed by atoms with Gasteiger partial charge in [-0.1, -0.05) is 23.2 Å². The summed E-state index contributed by atoms with van der Waals surface area (Å²) in [6.07, 6.45) is 5.11. The normalized spacial score (nSPS) is 15.7. The van der Waals surface area contributed by atoms with Crippen LogP contribution in [-0.2, 0) is 10.0 Å². The average Bonchev–Trinajstić information content (AvgIpc) is 3.25. The first-order valence-electron chi connectivity index (χ1n) is 8.47. The molecule has 146 valence electrons. The van der Waals surface area contributed by atoms with E-state index in [0.717, 1.165) is 0 Å². The molecule has 1 fully saturated rings. The van der Waals surface area contributed by atoms with Crippen molar-refractivity contribution < 1.29 is 8.42 Å². The Hall–Kier alpha value is -2.20. The van der Waals surface area contributed by atoms with E-state index in [2.05, 4.69) is 15.2 Å². The van der Waals surface area contributed by atoms with Gasteiger partial charge in [0.2, 0.25) is 10.0 Å². The van der Waals surface area contributed by atoms with Crippen molar-refractivity contribution in [2.24, 2.45) is 0 Å². The molecule has 3 aromatic rings. The maximum atomic E-state index is 12.8. The molecule has 0 N–H and O–H groups in total. The second-order valence-electron chi connectivity index (χ2n) is 6.19. The molecule has 1 aliphatic heterocycles. The molecule has 1 aromatic carbocycles. The van der Waals surface area contributed by atoms with E-state index in [4.69, 9.17) is 23.2 Å². The monoisotopic (exact) mass is 438 g/mol. The Balaban J connectivity index is 1.44. The summed E-state index contributed by atoms with van der Waals surface area (Å²) in [6.45, 7) is 1.71. The summed E-state index contributed by atoms with van der Waals surface area (Å²) in [5.74, 6) is 1.37. The smallest absolute Gasteiger partial charge is 0.243 e. The SMILES string of the molecule is O=S(=O)(c1ccc(Cl)c(Cl)c1)N1CCN(c2ccc(-n3ccnc3)nn2)CC1. The summed E-state index contributed by atoms with van der Waals surface area (Å²) in [5.41, 5.74) is 0. The Bertz CT molecular complexity index is 1070. The van der Waals surface area contributed by atoms with E-state index in [1.165, 1.54) is 22.5 Å². The van der Waals surface area contributed by atoms with Crippen LogP contribution in [0.15, 0.2) is 53.9 Å². The van der Waals surface area contributed by atoms with Gasteiger partial charge >= 0.3 is 0 Å². The molecule has 0 spiro atoms. The largest absolute Gasteiger partial charge is 0.352 e. The van der Waals surface area contributed by atoms with Gasteiger partial charge in [-0.05, 0) is 30.3 Å². The average molecular weight is 439 g/mol. The highest BCUT2D eigenvalue weighted by atomic mass is 35.5. The van der Waals surface area contributed by atoms with Gasteiger partial charge in [0.25, 0.3) is 0 Å². The van der Waals surface area contributed by atoms with Crippen LogP contribution >= 0.6 is 23.2 Å². The Labute approximate surface area is 172 Å². The van der Waals surface area contributed by atoms with Crippen LogP contribution in [0.4, 0.5) is 5.82 Å². The number of halogens is 2. The van der Waals surface area contributed by atoms with Gasteiger partial charge in [0.1, 0.15) is 6.33 Å². The van der Waals surface area contributed by atoms with Crippen molar-refractivity contribution in [3.8, 4) is 5.82 Å². The van der Waals surface area contributed by atoms with E-state index in [0.29, 0.717) is 42.8 Å². The lowest BCUT2D eigenvalue weighted by Gasteiger charge is -2.34. The van der Waals surface area contributed by atoms with E-state index < -0.39 is 10.0 Å². The van der Waals surface area contributed by atoms with Crippen molar-refractivity contribution in [1.82, 2.24) is 24.1 Å². The van der Waals surface area contributed by atoms with E-state index in [1.54, 1.807) is 23.3 Å². The molecule has 0 aliphatic carbocycles. The molecule has 2 aromatic heterocycles. The fourth-order valence-corrected chi connectivity index (χ4v) is 4.77. The van der Waals surface area contributed by atoms with Crippen molar-refractivity contribution in [1.29, 1.82) is 0 Å². The van der Waals surface area contributed by atoms with Gasteiger partial charge in [0.15, 0.2) is 11.6 Å². The zero-order valence-corrected chi connectivity index (χ0v) is 16.9. The van der Waals surface area contributed by atoms with Crippen LogP contribution in [0.3, 0.4) is 0 Å². The lowest BCUT2D eigenvalue weighted by Crippen LogP contribution is -2.49. The number of hydrogen-bond acceptors (Lipinski definition) is 6. The number of hydrogen-bond donors (Lipinski definition) is 0. The quantitative estimate of drug-likeness (QED) is 0.621. The highest BCUT2D eigenvalue weighted by molar-refractivity contribution is 7.89. The molecule has 0 saturated carbocycles. The molecule has 8 nitrogen and oxygen atoms in total. The van der Waals surface area contributed by atoms with Crippen molar-refractivity contribution in [3.05, 3.63) is 59.1 Å². The summed E-state index contributed by atoms with van der Waals surface area (Å²) in [4.78, 5) is 6.13. The summed E-state index contributed by atoms with van der Waals surface area (Å²) < 4.78 is 28.9. The molecule has 0 radical (unpaired) electrons. The fraction of sp³-hybridized carbons (Fsp3) is 0.235. The molecule has 0 bridgehead atoms. The van der Waals surface area contributed by atoms with Gasteiger partial charge in [-0.2, -0.15) is 4.31 Å². The maximum absolute atomic E-state index is 12.8. The van der Waals surface area contributed by atoms with E-state index in [-0.39, 0.29) is 9.92 Å². The zero-order chi connectivity index (χ0) is 19.7. The predicted molar refractivity (Wildman–Crippen MR) is 107 cm³/mol. The van der Waals surface area contributed by atoms with Gasteiger partial charge in [-0.15, -0.1) is 10.2 Å². The Kier molecular flexibility index (Phi) is 5.24. The third-order valence-corrected chi connectivity index (χ3v) is 7.13. The number of rotatable bonds is 4. The number of anilines is 1. The minimum Gasteiger partial charge on any atom is -0.352 e. The lowest BCUT2D eigenvalue weighted by molar-refractivity contribution is 0.383. The minimum atomic E-state index is -3.63. The second-order valence-corrected chi connectivity index (χ2v) is 8.94. The summed E-state index contributed by atoms with van der Waals surface area (Å²) in [5, 5.41) is 8.99. The molecule has 0 atom stereocenters. The molecule has 1 saturated heterocycles. The van der Waals surface area contributed by atoms with E-state index in [9.17, 15) is 8.42 Å². The van der Waals surface area contributed by atoms with Crippen LogP contribution in [0.25, 0.3) is 5.82 Å². The Morgan fingerprint density at radius 3 is 2.21 bits per heavy atom. The van der Waals surface area contributed by atoms with E-state index in [1.807, 2.05) is 17.0 Å². The van der Waals surface area contributed by atoms with Gasteiger partial charge in [0, 0.05) is 38.6 Å². The molecule has 11 heteroatoms. The number of sulfonamides is 1. The van der Waals surface area contributed by atoms with Crippen molar-refractivity contribution >= 4 is 39.0 Å². The van der Waals surface area contributed by atoms with Gasteiger partial charge in [-0.25, -0.2) is 13.4 Å². The number of nitrogens with zero attached hydrogens (tertiary/aromatic N) is 6. The molecular formula is C17H16Cl2N6O2S. The van der Waals surface area contributed by atoms with E-state index >= 15 is 0 Å². The van der Waals surface area contributed by atoms with Crippen molar-refractivity contribution in [2.45, 2.75) is 4.90 Å². The Morgan fingerprint density at radius 2 is 1.61 bits per heavy atom. The number of benzene rings is 1. The summed E-state index contributed by atoms with van der Waals surface area (Å²) >= 11 is 11.9. The molecule has 1 aliphatic rings. The fourth-order valence-electron chi connectivity index (χ4n) is 2.96. The standard InChI is InChI=1S/C17H16Cl2N6O2S/c18-14-2-1-13(11-15(14)19)28(26,27)25-9-7-23(8-10-25)16-3-4-17(22-21-16)24-6-5-20-12-24/h1-6,11-12H,7-10H2. The summed E-state index contributed by atoms with van der Waals surface area (Å²) in [7, 11) is -3.63. The number of aromatic nitrogens is 4. The molecule has 4 rings (SSSR count). The predicted octanol–water partition coefficient (Wildman–Crippen LogP) is 2.48. The maximum Gasteiger partial charge on any atom is 0.243 e. The van der Waals surface area contributed by atoms with Crippen molar-refractivity contribution in [2.75, 3.05) is 31.1 Å². The minimum absolute atomic E-state index is 0.139. The first kappa shape index (κ1) is 19.1. The number of piperazine rings is 1. The molecule has 28 heavy (non-hydrogen) atoms. The van der Waals surface area contributed by atoms with Gasteiger partial charge < -0.3 is 4.90 Å². The third kappa shape index (κ3) is 3.70. The third-order valence-electron chi connectivity index (χ3n) is 4.50. The van der Waals surface area contributed by atoms with Crippen molar-refractivity contribution in [3.63, 3.8) is 0 Å². The first-order chi connectivity index (χ1) is 13.4. The van der Waals surface area contributed by atoms with Crippen LogP contribution in [-0.4, -0.2) is 58.7 Å².